The molecule has 2 aliphatic rings. The van der Waals surface area contributed by atoms with Crippen molar-refractivity contribution in [3.63, 3.8) is 0 Å². The molecule has 2 fully saturated rings. The summed E-state index contributed by atoms with van der Waals surface area (Å²) in [4.78, 5) is 13.5. The molecule has 1 unspecified atom stereocenters. The molecule has 1 aliphatic heterocycles. The first-order valence-corrected chi connectivity index (χ1v) is 8.51. The van der Waals surface area contributed by atoms with Crippen molar-refractivity contribution in [1.29, 1.82) is 0 Å². The van der Waals surface area contributed by atoms with E-state index in [9.17, 15) is 4.79 Å². The van der Waals surface area contributed by atoms with Crippen LogP contribution in [-0.4, -0.2) is 27.6 Å². The fraction of sp³-hybridized carbons (Fsp3) is 0.800. The van der Waals surface area contributed by atoms with Crippen molar-refractivity contribution in [1.82, 2.24) is 9.59 Å². The normalized spacial score (nSPS) is 25.8. The van der Waals surface area contributed by atoms with E-state index in [0.717, 1.165) is 49.3 Å². The van der Waals surface area contributed by atoms with Gasteiger partial charge >= 0.3 is 0 Å². The largest absolute Gasteiger partial charge is 0.375 e. The van der Waals surface area contributed by atoms with Crippen molar-refractivity contribution in [2.75, 3.05) is 6.61 Å². The molecule has 0 N–H and O–H groups in total. The highest BCUT2D eigenvalue weighted by molar-refractivity contribution is 7.08. The van der Waals surface area contributed by atoms with Crippen molar-refractivity contribution in [2.45, 2.75) is 63.9 Å². The molecule has 20 heavy (non-hydrogen) atoms. The Morgan fingerprint density at radius 3 is 2.95 bits per heavy atom. The average Bonchev–Trinajstić information content (AvgIpc) is 2.96. The quantitative estimate of drug-likeness (QED) is 0.802. The Balaban J connectivity index is 1.75. The van der Waals surface area contributed by atoms with Gasteiger partial charge in [-0.15, -0.1) is 5.10 Å². The van der Waals surface area contributed by atoms with E-state index in [2.05, 4.69) is 9.59 Å². The zero-order valence-electron chi connectivity index (χ0n) is 12.1. The van der Waals surface area contributed by atoms with Crippen LogP contribution in [0.15, 0.2) is 0 Å². The predicted molar refractivity (Wildman–Crippen MR) is 78.1 cm³/mol. The second kappa shape index (κ2) is 5.90. The molecule has 5 heteroatoms. The molecule has 1 aromatic heterocycles. The van der Waals surface area contributed by atoms with Gasteiger partial charge in [-0.3, -0.25) is 4.79 Å². The van der Waals surface area contributed by atoms with Crippen LogP contribution in [0.25, 0.3) is 0 Å². The van der Waals surface area contributed by atoms with E-state index in [-0.39, 0.29) is 17.3 Å². The van der Waals surface area contributed by atoms with Crippen LogP contribution in [-0.2, 0) is 11.2 Å². The van der Waals surface area contributed by atoms with Crippen LogP contribution in [0.1, 0.15) is 67.2 Å². The monoisotopic (exact) mass is 294 g/mol. The lowest BCUT2D eigenvalue weighted by atomic mass is 9.75. The van der Waals surface area contributed by atoms with Gasteiger partial charge in [-0.05, 0) is 43.6 Å². The Kier molecular flexibility index (Phi) is 4.17. The summed E-state index contributed by atoms with van der Waals surface area (Å²) in [6.45, 7) is 2.75. The van der Waals surface area contributed by atoms with Crippen molar-refractivity contribution in [3.05, 3.63) is 10.6 Å². The van der Waals surface area contributed by atoms with Gasteiger partial charge in [-0.25, -0.2) is 0 Å². The number of hydrogen-bond donors (Lipinski definition) is 0. The topological polar surface area (TPSA) is 52.1 Å². The number of aromatic nitrogens is 2. The summed E-state index contributed by atoms with van der Waals surface area (Å²) >= 11 is 1.26. The number of ketones is 1. The molecule has 3 rings (SSSR count). The minimum Gasteiger partial charge on any atom is -0.375 e. The van der Waals surface area contributed by atoms with Crippen molar-refractivity contribution in [2.24, 2.45) is 5.92 Å². The highest BCUT2D eigenvalue weighted by atomic mass is 32.1. The first-order chi connectivity index (χ1) is 9.74. The van der Waals surface area contributed by atoms with E-state index in [0.29, 0.717) is 0 Å². The van der Waals surface area contributed by atoms with Crippen LogP contribution in [0.4, 0.5) is 0 Å². The Morgan fingerprint density at radius 1 is 1.40 bits per heavy atom. The first kappa shape index (κ1) is 14.1. The van der Waals surface area contributed by atoms with Gasteiger partial charge < -0.3 is 4.74 Å². The van der Waals surface area contributed by atoms with E-state index in [1.165, 1.54) is 30.8 Å². The highest BCUT2D eigenvalue weighted by Gasteiger charge is 2.41. The molecule has 4 nitrogen and oxygen atoms in total. The summed E-state index contributed by atoms with van der Waals surface area (Å²) in [5, 5.41) is 4.07. The molecule has 1 spiro atoms. The highest BCUT2D eigenvalue weighted by Crippen LogP contribution is 2.41. The molecule has 110 valence electrons. The molecule has 1 aromatic rings. The number of rotatable bonds is 3. The molecule has 1 atom stereocenters. The van der Waals surface area contributed by atoms with Gasteiger partial charge in [0.25, 0.3) is 0 Å². The summed E-state index contributed by atoms with van der Waals surface area (Å²) in [7, 11) is 0. The molecule has 0 bridgehead atoms. The number of Topliss-reactive ketones (excluding diaryl/α,β-unsaturated/α-hetero) is 1. The second-order valence-electron chi connectivity index (χ2n) is 6.05. The van der Waals surface area contributed by atoms with E-state index in [1.807, 2.05) is 6.92 Å². The number of ether oxygens (including phenoxy) is 1. The lowest BCUT2D eigenvalue weighted by Crippen LogP contribution is -2.43. The third-order valence-electron chi connectivity index (χ3n) is 4.74. The standard InChI is InChI=1S/C15H22N2O2S/c1-2-12-14(20-17-16-12)13(18)11-6-9-19-15(10-11)7-4-3-5-8-15/h11H,2-10H2,1H3. The molecule has 0 amide bonds. The van der Waals surface area contributed by atoms with Crippen LogP contribution in [0.2, 0.25) is 0 Å². The molecule has 1 saturated carbocycles. The number of aryl methyl sites for hydroxylation is 1. The minimum absolute atomic E-state index is 0.0126. The fourth-order valence-corrected chi connectivity index (χ4v) is 4.38. The second-order valence-corrected chi connectivity index (χ2v) is 6.80. The van der Waals surface area contributed by atoms with Crippen molar-refractivity contribution in [3.8, 4) is 0 Å². The lowest BCUT2D eigenvalue weighted by Gasteiger charge is -2.43. The SMILES string of the molecule is CCc1nnsc1C(=O)C1CCOC2(CCCCC2)C1. The Morgan fingerprint density at radius 2 is 2.20 bits per heavy atom. The van der Waals surface area contributed by atoms with Crippen LogP contribution < -0.4 is 0 Å². The molecule has 1 aliphatic carbocycles. The zero-order chi connectivity index (χ0) is 14.0. The van der Waals surface area contributed by atoms with Gasteiger partial charge in [0.1, 0.15) is 4.88 Å². The van der Waals surface area contributed by atoms with E-state index < -0.39 is 0 Å². The first-order valence-electron chi connectivity index (χ1n) is 7.73. The number of carbonyl (C=O) groups is 1. The smallest absolute Gasteiger partial charge is 0.179 e. The molecule has 0 radical (unpaired) electrons. The average molecular weight is 294 g/mol. The summed E-state index contributed by atoms with van der Waals surface area (Å²) in [6, 6.07) is 0. The predicted octanol–water partition coefficient (Wildman–Crippen LogP) is 3.41. The maximum atomic E-state index is 12.7. The van der Waals surface area contributed by atoms with Gasteiger partial charge in [-0.1, -0.05) is 30.7 Å². The van der Waals surface area contributed by atoms with Gasteiger partial charge in [0.05, 0.1) is 11.3 Å². The van der Waals surface area contributed by atoms with E-state index >= 15 is 0 Å². The van der Waals surface area contributed by atoms with Crippen molar-refractivity contribution >= 4 is 17.3 Å². The molecular formula is C15H22N2O2S. The number of hydrogen-bond acceptors (Lipinski definition) is 5. The summed E-state index contributed by atoms with van der Waals surface area (Å²) in [5.41, 5.74) is 0.852. The molecule has 1 saturated heterocycles. The number of carbonyl (C=O) groups excluding carboxylic acids is 1. The van der Waals surface area contributed by atoms with Gasteiger partial charge in [-0.2, -0.15) is 0 Å². The Hall–Kier alpha value is -0.810. The summed E-state index contributed by atoms with van der Waals surface area (Å²) in [5.74, 6) is 0.361. The minimum atomic E-state index is -0.0126. The third kappa shape index (κ3) is 2.66. The summed E-state index contributed by atoms with van der Waals surface area (Å²) in [6.07, 6.45) is 8.56. The molecule has 2 heterocycles. The van der Waals surface area contributed by atoms with Crippen LogP contribution in [0.5, 0.6) is 0 Å². The van der Waals surface area contributed by atoms with Gasteiger partial charge in [0, 0.05) is 12.5 Å². The van der Waals surface area contributed by atoms with Crippen LogP contribution >= 0.6 is 11.5 Å². The Labute approximate surface area is 124 Å². The van der Waals surface area contributed by atoms with Crippen LogP contribution in [0.3, 0.4) is 0 Å². The maximum Gasteiger partial charge on any atom is 0.179 e. The van der Waals surface area contributed by atoms with Crippen LogP contribution in [0, 0.1) is 5.92 Å². The Bertz CT molecular complexity index is 474. The third-order valence-corrected chi connectivity index (χ3v) is 5.53. The van der Waals surface area contributed by atoms with Gasteiger partial charge in [0.15, 0.2) is 5.78 Å². The van der Waals surface area contributed by atoms with E-state index in [4.69, 9.17) is 4.74 Å². The molecule has 0 aromatic carbocycles. The van der Waals surface area contributed by atoms with E-state index in [1.54, 1.807) is 0 Å². The van der Waals surface area contributed by atoms with Crippen molar-refractivity contribution < 1.29 is 9.53 Å². The molecular weight excluding hydrogens is 272 g/mol. The van der Waals surface area contributed by atoms with Gasteiger partial charge in [0.2, 0.25) is 0 Å². The lowest BCUT2D eigenvalue weighted by molar-refractivity contribution is -0.111. The summed E-state index contributed by atoms with van der Waals surface area (Å²) < 4.78 is 10.0. The fourth-order valence-electron chi connectivity index (χ4n) is 3.61. The zero-order valence-corrected chi connectivity index (χ0v) is 12.9. The number of nitrogens with zero attached hydrogens (tertiary/aromatic N) is 2. The maximum absolute atomic E-state index is 12.7.